The van der Waals surface area contributed by atoms with Gasteiger partial charge in [0.2, 0.25) is 0 Å². The van der Waals surface area contributed by atoms with Gasteiger partial charge in [0.05, 0.1) is 12.0 Å². The van der Waals surface area contributed by atoms with Crippen LogP contribution in [0, 0.1) is 25.6 Å². The quantitative estimate of drug-likeness (QED) is 0.234. The predicted octanol–water partition coefficient (Wildman–Crippen LogP) is 6.83. The van der Waals surface area contributed by atoms with Crippen LogP contribution in [0.1, 0.15) is 44.6 Å². The average molecular weight is 580 g/mol. The lowest BCUT2D eigenvalue weighted by molar-refractivity contribution is -0.142. The summed E-state index contributed by atoms with van der Waals surface area (Å²) in [6, 6.07) is 24.2. The minimum atomic E-state index is -1.42. The SMILES string of the molecule is Cc1cccc(NC(=O)N2C(C(=O)O)C(c3ccc(F)cc3)C(C(=O)c3cccc(C)c3)C2c2ccc(N(C)C)cc2)c1. The number of benzene rings is 4. The first-order chi connectivity index (χ1) is 20.5. The van der Waals surface area contributed by atoms with E-state index in [4.69, 9.17) is 0 Å². The number of nitrogens with one attached hydrogen (secondary N) is 1. The number of carboxylic acids is 1. The van der Waals surface area contributed by atoms with Gasteiger partial charge in [-0.2, -0.15) is 0 Å². The molecule has 4 aromatic carbocycles. The molecule has 4 atom stereocenters. The van der Waals surface area contributed by atoms with Crippen molar-refractivity contribution in [3.05, 3.63) is 131 Å². The van der Waals surface area contributed by atoms with Crippen LogP contribution in [0.5, 0.6) is 0 Å². The number of likely N-dealkylation sites (tertiary alicyclic amines) is 1. The van der Waals surface area contributed by atoms with Gasteiger partial charge in [-0.3, -0.25) is 4.79 Å². The number of halogens is 1. The fourth-order valence-electron chi connectivity index (χ4n) is 6.06. The second kappa shape index (κ2) is 12.1. The summed E-state index contributed by atoms with van der Waals surface area (Å²) in [5.74, 6) is -3.99. The molecule has 4 aromatic rings. The molecule has 2 amide bonds. The number of amides is 2. The number of Topliss-reactive ketones (excluding diaryl/α,β-unsaturated/α-hetero) is 1. The van der Waals surface area contributed by atoms with Crippen LogP contribution in [0.2, 0.25) is 0 Å². The molecule has 0 saturated carbocycles. The average Bonchev–Trinajstić information content (AvgIpc) is 3.34. The summed E-state index contributed by atoms with van der Waals surface area (Å²) < 4.78 is 14.1. The zero-order valence-corrected chi connectivity index (χ0v) is 24.5. The highest BCUT2D eigenvalue weighted by Gasteiger charge is 2.57. The van der Waals surface area contributed by atoms with Crippen LogP contribution >= 0.6 is 0 Å². The lowest BCUT2D eigenvalue weighted by Gasteiger charge is -2.31. The van der Waals surface area contributed by atoms with E-state index in [0.717, 1.165) is 16.8 Å². The first-order valence-electron chi connectivity index (χ1n) is 14.1. The Morgan fingerprint density at radius 2 is 1.42 bits per heavy atom. The summed E-state index contributed by atoms with van der Waals surface area (Å²) in [5, 5.41) is 13.6. The Morgan fingerprint density at radius 1 is 0.814 bits per heavy atom. The molecule has 43 heavy (non-hydrogen) atoms. The number of rotatable bonds is 7. The van der Waals surface area contributed by atoms with Crippen molar-refractivity contribution in [1.82, 2.24) is 4.90 Å². The second-order valence-corrected chi connectivity index (χ2v) is 11.3. The van der Waals surface area contributed by atoms with Crippen LogP contribution < -0.4 is 10.2 Å². The number of aryl methyl sites for hydroxylation is 2. The van der Waals surface area contributed by atoms with Crippen molar-refractivity contribution in [3.63, 3.8) is 0 Å². The van der Waals surface area contributed by atoms with Crippen LogP contribution in [-0.4, -0.2) is 47.9 Å². The Bertz CT molecular complexity index is 1650. The van der Waals surface area contributed by atoms with Gasteiger partial charge in [0.15, 0.2) is 5.78 Å². The third-order valence-corrected chi connectivity index (χ3v) is 8.03. The monoisotopic (exact) mass is 579 g/mol. The number of aliphatic carboxylic acids is 1. The van der Waals surface area contributed by atoms with Gasteiger partial charge in [-0.25, -0.2) is 14.0 Å². The van der Waals surface area contributed by atoms with Gasteiger partial charge in [-0.1, -0.05) is 60.2 Å². The van der Waals surface area contributed by atoms with Crippen LogP contribution in [0.25, 0.3) is 0 Å². The third-order valence-electron chi connectivity index (χ3n) is 8.03. The maximum absolute atomic E-state index is 14.5. The normalized spacial score (nSPS) is 19.6. The Kier molecular flexibility index (Phi) is 8.30. The van der Waals surface area contributed by atoms with Crippen LogP contribution in [-0.2, 0) is 4.79 Å². The topological polar surface area (TPSA) is 90.0 Å². The number of anilines is 2. The van der Waals surface area contributed by atoms with Gasteiger partial charge in [0, 0.05) is 37.0 Å². The van der Waals surface area contributed by atoms with Crippen molar-refractivity contribution in [3.8, 4) is 0 Å². The molecule has 4 unspecified atom stereocenters. The maximum atomic E-state index is 14.5. The molecular formula is C35H34FN3O4. The Balaban J connectivity index is 1.73. The predicted molar refractivity (Wildman–Crippen MR) is 165 cm³/mol. The Labute approximate surface area is 250 Å². The van der Waals surface area contributed by atoms with E-state index in [-0.39, 0.29) is 5.78 Å². The summed E-state index contributed by atoms with van der Waals surface area (Å²) in [4.78, 5) is 45.0. The van der Waals surface area contributed by atoms with E-state index in [1.807, 2.05) is 69.2 Å². The van der Waals surface area contributed by atoms with Crippen molar-refractivity contribution in [2.45, 2.75) is 31.8 Å². The van der Waals surface area contributed by atoms with Crippen molar-refractivity contribution in [2.24, 2.45) is 5.92 Å². The summed E-state index contributed by atoms with van der Waals surface area (Å²) in [6.07, 6.45) is 0. The first kappa shape index (κ1) is 29.5. The molecule has 1 heterocycles. The van der Waals surface area contributed by atoms with E-state index >= 15 is 0 Å². The van der Waals surface area contributed by atoms with Crippen molar-refractivity contribution >= 4 is 29.2 Å². The maximum Gasteiger partial charge on any atom is 0.327 e. The van der Waals surface area contributed by atoms with Crippen molar-refractivity contribution in [2.75, 3.05) is 24.3 Å². The van der Waals surface area contributed by atoms with Gasteiger partial charge in [-0.15, -0.1) is 0 Å². The largest absolute Gasteiger partial charge is 0.480 e. The molecule has 7 nitrogen and oxygen atoms in total. The molecule has 5 rings (SSSR count). The zero-order chi connectivity index (χ0) is 30.8. The van der Waals surface area contributed by atoms with E-state index in [1.165, 1.54) is 29.2 Å². The summed E-state index contributed by atoms with van der Waals surface area (Å²) >= 11 is 0. The van der Waals surface area contributed by atoms with E-state index in [0.29, 0.717) is 22.4 Å². The number of carbonyl (C=O) groups is 3. The summed E-state index contributed by atoms with van der Waals surface area (Å²) in [5.41, 5.74) is 4.69. The second-order valence-electron chi connectivity index (χ2n) is 11.3. The van der Waals surface area contributed by atoms with Gasteiger partial charge in [0.25, 0.3) is 0 Å². The smallest absolute Gasteiger partial charge is 0.327 e. The van der Waals surface area contributed by atoms with Gasteiger partial charge in [-0.05, 0) is 73.0 Å². The molecule has 0 aromatic heterocycles. The number of hydrogen-bond acceptors (Lipinski definition) is 4. The fourth-order valence-corrected chi connectivity index (χ4v) is 6.06. The summed E-state index contributed by atoms with van der Waals surface area (Å²) in [7, 11) is 3.81. The lowest BCUT2D eigenvalue weighted by Crippen LogP contribution is -2.45. The standard InChI is InChI=1S/C35H34FN3O4/c1-21-7-5-9-25(19-21)33(40)30-29(23-11-15-26(36)16-12-23)32(34(41)42)39(35(43)37-27-10-6-8-22(2)20-27)31(30)24-13-17-28(18-14-24)38(3)4/h5-20,29-32H,1-4H3,(H,37,43)(H,41,42). The highest BCUT2D eigenvalue weighted by molar-refractivity contribution is 6.02. The highest BCUT2D eigenvalue weighted by atomic mass is 19.1. The Hall–Kier alpha value is -4.98. The van der Waals surface area contributed by atoms with Crippen LogP contribution in [0.3, 0.4) is 0 Å². The van der Waals surface area contributed by atoms with Crippen LogP contribution in [0.4, 0.5) is 20.6 Å². The van der Waals surface area contributed by atoms with Gasteiger partial charge < -0.3 is 20.2 Å². The van der Waals surface area contributed by atoms with E-state index < -0.39 is 41.7 Å². The highest BCUT2D eigenvalue weighted by Crippen LogP contribution is 2.51. The minimum Gasteiger partial charge on any atom is -0.480 e. The molecule has 0 spiro atoms. The summed E-state index contributed by atoms with van der Waals surface area (Å²) in [6.45, 7) is 3.77. The molecule has 0 bridgehead atoms. The third kappa shape index (κ3) is 6.00. The van der Waals surface area contributed by atoms with Gasteiger partial charge in [0.1, 0.15) is 11.9 Å². The van der Waals surface area contributed by atoms with E-state index in [1.54, 1.807) is 36.4 Å². The molecular weight excluding hydrogens is 545 g/mol. The first-order valence-corrected chi connectivity index (χ1v) is 14.1. The molecule has 2 N–H and O–H groups in total. The lowest BCUT2D eigenvalue weighted by atomic mass is 9.76. The van der Waals surface area contributed by atoms with E-state index in [2.05, 4.69) is 5.32 Å². The molecule has 1 aliphatic rings. The minimum absolute atomic E-state index is 0.295. The number of nitrogens with zero attached hydrogens (tertiary/aromatic N) is 2. The zero-order valence-electron chi connectivity index (χ0n) is 24.5. The molecule has 0 aliphatic carbocycles. The molecule has 1 aliphatic heterocycles. The number of ketones is 1. The number of carboxylic acid groups (broad SMARTS) is 1. The molecule has 1 saturated heterocycles. The fraction of sp³-hybridized carbons (Fsp3) is 0.229. The van der Waals surface area contributed by atoms with E-state index in [9.17, 15) is 23.9 Å². The van der Waals surface area contributed by atoms with Crippen LogP contribution in [0.15, 0.2) is 97.1 Å². The number of urea groups is 1. The molecule has 8 heteroatoms. The van der Waals surface area contributed by atoms with Crippen molar-refractivity contribution < 1.29 is 23.9 Å². The molecule has 0 radical (unpaired) electrons. The number of hydrogen-bond donors (Lipinski definition) is 2. The molecule has 220 valence electrons. The van der Waals surface area contributed by atoms with Gasteiger partial charge >= 0.3 is 12.0 Å². The molecule has 1 fully saturated rings. The number of carbonyl (C=O) groups excluding carboxylic acids is 2. The van der Waals surface area contributed by atoms with Crippen molar-refractivity contribution in [1.29, 1.82) is 0 Å². The Morgan fingerprint density at radius 3 is 2.00 bits per heavy atom.